The summed E-state index contributed by atoms with van der Waals surface area (Å²) in [5.74, 6) is -0.134. The molecule has 0 aliphatic rings. The third-order valence-corrected chi connectivity index (χ3v) is 2.65. The Bertz CT molecular complexity index is 287. The van der Waals surface area contributed by atoms with Gasteiger partial charge < -0.3 is 10.4 Å². The van der Waals surface area contributed by atoms with Crippen LogP contribution in [0.2, 0.25) is 4.34 Å². The number of aliphatic hydroxyl groups is 1. The van der Waals surface area contributed by atoms with Gasteiger partial charge in [-0.2, -0.15) is 0 Å². The quantitative estimate of drug-likeness (QED) is 0.755. The van der Waals surface area contributed by atoms with Crippen molar-refractivity contribution in [2.75, 3.05) is 13.2 Å². The number of aliphatic hydroxyl groups excluding tert-OH is 1. The molecule has 0 fully saturated rings. The molecule has 3 nitrogen and oxygen atoms in total. The molecule has 0 bridgehead atoms. The van der Waals surface area contributed by atoms with Crippen LogP contribution in [0.25, 0.3) is 0 Å². The normalized spacial score (nSPS) is 10.0. The number of hydrogen-bond acceptors (Lipinski definition) is 3. The topological polar surface area (TPSA) is 49.3 Å². The first kappa shape index (κ1) is 10.5. The third-order valence-electron chi connectivity index (χ3n) is 1.42. The van der Waals surface area contributed by atoms with Gasteiger partial charge in [-0.3, -0.25) is 4.79 Å². The van der Waals surface area contributed by atoms with Gasteiger partial charge in [-0.25, -0.2) is 0 Å². The van der Waals surface area contributed by atoms with Crippen molar-refractivity contribution in [1.82, 2.24) is 5.32 Å². The molecule has 0 spiro atoms. The minimum atomic E-state index is -0.134. The lowest BCUT2D eigenvalue weighted by molar-refractivity contribution is 0.0955. The van der Waals surface area contributed by atoms with Gasteiger partial charge in [0.25, 0.3) is 5.91 Å². The predicted molar refractivity (Wildman–Crippen MR) is 53.4 cm³/mol. The van der Waals surface area contributed by atoms with E-state index in [0.29, 0.717) is 22.2 Å². The maximum absolute atomic E-state index is 11.3. The van der Waals surface area contributed by atoms with E-state index in [1.807, 2.05) is 0 Å². The van der Waals surface area contributed by atoms with E-state index < -0.39 is 0 Å². The predicted octanol–water partition coefficient (Wildman–Crippen LogP) is 1.51. The zero-order valence-corrected chi connectivity index (χ0v) is 8.49. The van der Waals surface area contributed by atoms with Crippen molar-refractivity contribution in [3.63, 3.8) is 0 Å². The fourth-order valence-electron chi connectivity index (χ4n) is 0.804. The average Bonchev–Trinajstić information content (AvgIpc) is 2.52. The maximum atomic E-state index is 11.3. The van der Waals surface area contributed by atoms with E-state index in [4.69, 9.17) is 16.7 Å². The summed E-state index contributed by atoms with van der Waals surface area (Å²) in [5, 5.41) is 11.2. The summed E-state index contributed by atoms with van der Waals surface area (Å²) in [4.78, 5) is 11.9. The molecule has 0 saturated heterocycles. The van der Waals surface area contributed by atoms with Gasteiger partial charge in [0.1, 0.15) is 0 Å². The average molecular weight is 220 g/mol. The van der Waals surface area contributed by atoms with E-state index in [0.717, 1.165) is 0 Å². The lowest BCUT2D eigenvalue weighted by Gasteiger charge is -2.00. The number of thiophene rings is 1. The first-order valence-corrected chi connectivity index (χ1v) is 5.08. The first-order valence-electron chi connectivity index (χ1n) is 3.88. The fourth-order valence-corrected chi connectivity index (χ4v) is 1.76. The summed E-state index contributed by atoms with van der Waals surface area (Å²) in [7, 11) is 0. The van der Waals surface area contributed by atoms with Crippen molar-refractivity contribution in [3.8, 4) is 0 Å². The van der Waals surface area contributed by atoms with E-state index >= 15 is 0 Å². The summed E-state index contributed by atoms with van der Waals surface area (Å²) in [6, 6.07) is 3.37. The Balaban J connectivity index is 2.40. The Morgan fingerprint density at radius 1 is 1.62 bits per heavy atom. The highest BCUT2D eigenvalue weighted by Crippen LogP contribution is 2.20. The second-order valence-corrected chi connectivity index (χ2v) is 4.15. The van der Waals surface area contributed by atoms with E-state index in [1.54, 1.807) is 12.1 Å². The minimum Gasteiger partial charge on any atom is -0.396 e. The summed E-state index contributed by atoms with van der Waals surface area (Å²) < 4.78 is 0.604. The molecule has 0 aliphatic carbocycles. The smallest absolute Gasteiger partial charge is 0.261 e. The fraction of sp³-hybridized carbons (Fsp3) is 0.375. The number of carbonyl (C=O) groups is 1. The lowest BCUT2D eigenvalue weighted by atomic mass is 10.4. The van der Waals surface area contributed by atoms with Crippen LogP contribution in [0, 0.1) is 0 Å². The van der Waals surface area contributed by atoms with Crippen LogP contribution >= 0.6 is 22.9 Å². The highest BCUT2D eigenvalue weighted by molar-refractivity contribution is 7.17. The van der Waals surface area contributed by atoms with E-state index in [-0.39, 0.29) is 12.5 Å². The van der Waals surface area contributed by atoms with Crippen molar-refractivity contribution in [2.24, 2.45) is 0 Å². The molecule has 0 unspecified atom stereocenters. The number of amides is 1. The van der Waals surface area contributed by atoms with Crippen LogP contribution in [0.3, 0.4) is 0 Å². The van der Waals surface area contributed by atoms with Gasteiger partial charge in [0.2, 0.25) is 0 Å². The molecular formula is C8H10ClNO2S. The Kier molecular flexibility index (Phi) is 4.21. The molecule has 1 amide bonds. The minimum absolute atomic E-state index is 0.0888. The van der Waals surface area contributed by atoms with Crippen molar-refractivity contribution in [2.45, 2.75) is 6.42 Å². The van der Waals surface area contributed by atoms with Gasteiger partial charge in [-0.05, 0) is 18.6 Å². The molecular weight excluding hydrogens is 210 g/mol. The highest BCUT2D eigenvalue weighted by atomic mass is 35.5. The van der Waals surface area contributed by atoms with Crippen LogP contribution in [0.1, 0.15) is 16.1 Å². The van der Waals surface area contributed by atoms with Gasteiger partial charge in [-0.15, -0.1) is 11.3 Å². The number of rotatable bonds is 4. The van der Waals surface area contributed by atoms with Crippen molar-refractivity contribution in [1.29, 1.82) is 0 Å². The summed E-state index contributed by atoms with van der Waals surface area (Å²) >= 11 is 6.91. The first-order chi connectivity index (χ1) is 6.24. The molecule has 1 rings (SSSR count). The third kappa shape index (κ3) is 3.34. The number of nitrogens with one attached hydrogen (secondary N) is 1. The second kappa shape index (κ2) is 5.21. The van der Waals surface area contributed by atoms with Gasteiger partial charge >= 0.3 is 0 Å². The summed E-state index contributed by atoms with van der Waals surface area (Å²) in [6.07, 6.45) is 0.574. The van der Waals surface area contributed by atoms with Gasteiger partial charge in [0.15, 0.2) is 0 Å². The zero-order valence-electron chi connectivity index (χ0n) is 6.92. The second-order valence-electron chi connectivity index (χ2n) is 2.44. The lowest BCUT2D eigenvalue weighted by Crippen LogP contribution is -2.24. The largest absolute Gasteiger partial charge is 0.396 e. The van der Waals surface area contributed by atoms with Gasteiger partial charge in [0, 0.05) is 13.2 Å². The van der Waals surface area contributed by atoms with Gasteiger partial charge in [-0.1, -0.05) is 11.6 Å². The highest BCUT2D eigenvalue weighted by Gasteiger charge is 2.06. The van der Waals surface area contributed by atoms with E-state index in [2.05, 4.69) is 5.32 Å². The van der Waals surface area contributed by atoms with Crippen LogP contribution < -0.4 is 5.32 Å². The molecule has 0 saturated carbocycles. The van der Waals surface area contributed by atoms with Crippen LogP contribution in [0.15, 0.2) is 12.1 Å². The summed E-state index contributed by atoms with van der Waals surface area (Å²) in [5.41, 5.74) is 0. The molecule has 13 heavy (non-hydrogen) atoms. The van der Waals surface area contributed by atoms with Crippen LogP contribution in [-0.2, 0) is 0 Å². The summed E-state index contributed by atoms with van der Waals surface area (Å²) in [6.45, 7) is 0.580. The van der Waals surface area contributed by atoms with Gasteiger partial charge in [0.05, 0.1) is 9.21 Å². The molecule has 72 valence electrons. The molecule has 0 aliphatic heterocycles. The molecule has 0 atom stereocenters. The van der Waals surface area contributed by atoms with Crippen molar-refractivity contribution < 1.29 is 9.90 Å². The standard InChI is InChI=1S/C8H10ClNO2S/c9-7-3-2-6(13-7)8(12)10-4-1-5-11/h2-3,11H,1,4-5H2,(H,10,12). The molecule has 1 aromatic rings. The SMILES string of the molecule is O=C(NCCCO)c1ccc(Cl)s1. The number of carbonyl (C=O) groups excluding carboxylic acids is 1. The maximum Gasteiger partial charge on any atom is 0.261 e. The molecule has 5 heteroatoms. The van der Waals surface area contributed by atoms with E-state index in [1.165, 1.54) is 11.3 Å². The van der Waals surface area contributed by atoms with Crippen LogP contribution in [0.4, 0.5) is 0 Å². The molecule has 1 heterocycles. The van der Waals surface area contributed by atoms with E-state index in [9.17, 15) is 4.79 Å². The Labute approximate surface area is 85.3 Å². The molecule has 2 N–H and O–H groups in total. The number of hydrogen-bond donors (Lipinski definition) is 2. The van der Waals surface area contributed by atoms with Crippen LogP contribution in [0.5, 0.6) is 0 Å². The van der Waals surface area contributed by atoms with Crippen molar-refractivity contribution >= 4 is 28.8 Å². The van der Waals surface area contributed by atoms with Crippen LogP contribution in [-0.4, -0.2) is 24.2 Å². The Hall–Kier alpha value is -0.580. The Morgan fingerprint density at radius 2 is 2.38 bits per heavy atom. The molecule has 0 radical (unpaired) electrons. The Morgan fingerprint density at radius 3 is 2.92 bits per heavy atom. The van der Waals surface area contributed by atoms with Crippen molar-refractivity contribution in [3.05, 3.63) is 21.3 Å². The molecule has 1 aromatic heterocycles. The monoisotopic (exact) mass is 219 g/mol. The number of halogens is 1. The molecule has 0 aromatic carbocycles. The zero-order chi connectivity index (χ0) is 9.68.